The minimum atomic E-state index is -0.613. The van der Waals surface area contributed by atoms with Crippen LogP contribution in [0.1, 0.15) is 25.5 Å². The van der Waals surface area contributed by atoms with E-state index in [2.05, 4.69) is 10.3 Å². The first-order chi connectivity index (χ1) is 14.8. The largest absolute Gasteiger partial charge is 0.406 e. The first-order valence-corrected chi connectivity index (χ1v) is 10.2. The summed E-state index contributed by atoms with van der Waals surface area (Å²) >= 11 is 12.3. The van der Waals surface area contributed by atoms with Crippen LogP contribution in [0.3, 0.4) is 0 Å². The van der Waals surface area contributed by atoms with E-state index in [-0.39, 0.29) is 10.9 Å². The Labute approximate surface area is 188 Å². The molecule has 0 saturated heterocycles. The van der Waals surface area contributed by atoms with Crippen LogP contribution < -0.4 is 10.2 Å². The van der Waals surface area contributed by atoms with Gasteiger partial charge in [0.1, 0.15) is 11.3 Å². The highest BCUT2D eigenvalue weighted by Gasteiger charge is 2.20. The molecule has 0 aliphatic carbocycles. The second kappa shape index (κ2) is 8.57. The molecule has 4 rings (SSSR count). The van der Waals surface area contributed by atoms with Crippen LogP contribution >= 0.6 is 23.2 Å². The molecule has 1 unspecified atom stereocenters. The summed E-state index contributed by atoms with van der Waals surface area (Å²) in [7, 11) is 0. The fourth-order valence-corrected chi connectivity index (χ4v) is 4.03. The summed E-state index contributed by atoms with van der Waals surface area (Å²) < 4.78 is 15.5. The van der Waals surface area contributed by atoms with Crippen LogP contribution in [0.25, 0.3) is 22.2 Å². The second-order valence-corrected chi connectivity index (χ2v) is 7.82. The van der Waals surface area contributed by atoms with Crippen LogP contribution in [-0.4, -0.2) is 15.6 Å². The first-order valence-electron chi connectivity index (χ1n) is 9.49. The monoisotopic (exact) mass is 457 g/mol. The highest BCUT2D eigenvalue weighted by molar-refractivity contribution is 6.36. The zero-order chi connectivity index (χ0) is 22.1. The molecule has 31 heavy (non-hydrogen) atoms. The molecular formula is C23H18Cl2FN3O2. The molecule has 2 aromatic heterocycles. The zero-order valence-electron chi connectivity index (χ0n) is 16.7. The Morgan fingerprint density at radius 3 is 2.74 bits per heavy atom. The molecule has 1 N–H and O–H groups in total. The summed E-state index contributed by atoms with van der Waals surface area (Å²) in [5.74, 6) is -0.700. The van der Waals surface area contributed by atoms with Crippen LogP contribution in [0.2, 0.25) is 10.0 Å². The maximum absolute atomic E-state index is 13.9. The predicted molar refractivity (Wildman–Crippen MR) is 121 cm³/mol. The van der Waals surface area contributed by atoms with E-state index in [0.717, 1.165) is 22.2 Å². The van der Waals surface area contributed by atoms with E-state index in [0.29, 0.717) is 16.3 Å². The molecule has 0 aliphatic rings. The Bertz CT molecular complexity index is 1290. The Morgan fingerprint density at radius 1 is 1.16 bits per heavy atom. The fraction of sp³-hybridized carbons (Fsp3) is 0.130. The first kappa shape index (κ1) is 21.2. The Balaban J connectivity index is 1.68. The van der Waals surface area contributed by atoms with Crippen molar-refractivity contribution < 1.29 is 14.0 Å². The fourth-order valence-electron chi connectivity index (χ4n) is 3.36. The summed E-state index contributed by atoms with van der Waals surface area (Å²) in [4.78, 5) is 21.9. The van der Waals surface area contributed by atoms with Crippen molar-refractivity contribution in [2.24, 2.45) is 0 Å². The predicted octanol–water partition coefficient (Wildman–Crippen LogP) is 6.30. The van der Waals surface area contributed by atoms with Crippen LogP contribution in [0.5, 0.6) is 0 Å². The van der Waals surface area contributed by atoms with Crippen LogP contribution in [0.4, 0.5) is 10.1 Å². The highest BCUT2D eigenvalue weighted by atomic mass is 35.5. The summed E-state index contributed by atoms with van der Waals surface area (Å²) in [5, 5.41) is 3.03. The maximum atomic E-state index is 13.9. The molecule has 1 amide bonds. The molecule has 0 fully saturated rings. The summed E-state index contributed by atoms with van der Waals surface area (Å²) in [5.41, 5.74) is 4.25. The van der Waals surface area contributed by atoms with Crippen molar-refractivity contribution in [3.05, 3.63) is 82.4 Å². The third kappa shape index (κ3) is 4.36. The van der Waals surface area contributed by atoms with Crippen molar-refractivity contribution in [2.45, 2.75) is 20.0 Å². The lowest BCUT2D eigenvalue weighted by Crippen LogP contribution is -2.16. The number of hydrogen-bond donors (Lipinski definition) is 1. The standard InChI is InChI=1S/C23H18Cl2FN3O2/c1-13(22-18(24)6-7-19(26)23(22)25)31-29-9-8-20-21(29)11-16(12-27-20)15-4-3-5-17(10-15)28-14(2)30/h3-13H,1-2H3,(H,28,30). The van der Waals surface area contributed by atoms with E-state index in [1.54, 1.807) is 24.0 Å². The van der Waals surface area contributed by atoms with E-state index in [4.69, 9.17) is 28.0 Å². The molecule has 0 spiro atoms. The summed E-state index contributed by atoms with van der Waals surface area (Å²) in [6.45, 7) is 3.20. The molecule has 1 atom stereocenters. The number of rotatable bonds is 5. The van der Waals surface area contributed by atoms with Gasteiger partial charge in [-0.15, -0.1) is 0 Å². The number of nitrogens with zero attached hydrogens (tertiary/aromatic N) is 2. The average molecular weight is 458 g/mol. The maximum Gasteiger partial charge on any atom is 0.221 e. The molecule has 2 heterocycles. The summed E-state index contributed by atoms with van der Waals surface area (Å²) in [6.07, 6.45) is 2.87. The molecule has 5 nitrogen and oxygen atoms in total. The van der Waals surface area contributed by atoms with Crippen molar-refractivity contribution in [2.75, 3.05) is 5.32 Å². The van der Waals surface area contributed by atoms with Gasteiger partial charge in [-0.2, -0.15) is 4.73 Å². The summed E-state index contributed by atoms with van der Waals surface area (Å²) in [6, 6.07) is 13.9. The van der Waals surface area contributed by atoms with Crippen LogP contribution in [0, 0.1) is 5.82 Å². The molecule has 2 aromatic carbocycles. The number of halogens is 3. The number of amides is 1. The van der Waals surface area contributed by atoms with Gasteiger partial charge in [0.2, 0.25) is 5.91 Å². The number of carbonyl (C=O) groups is 1. The highest BCUT2D eigenvalue weighted by Crippen LogP contribution is 2.33. The third-order valence-electron chi connectivity index (χ3n) is 4.78. The average Bonchev–Trinajstić information content (AvgIpc) is 3.13. The van der Waals surface area contributed by atoms with Crippen molar-refractivity contribution in [3.8, 4) is 11.1 Å². The Hall–Kier alpha value is -3.09. The van der Waals surface area contributed by atoms with Crippen LogP contribution in [-0.2, 0) is 4.79 Å². The second-order valence-electron chi connectivity index (χ2n) is 7.04. The van der Waals surface area contributed by atoms with Gasteiger partial charge in [-0.25, -0.2) is 4.39 Å². The van der Waals surface area contributed by atoms with Gasteiger partial charge in [0, 0.05) is 41.2 Å². The smallest absolute Gasteiger partial charge is 0.221 e. The van der Waals surface area contributed by atoms with Gasteiger partial charge in [-0.1, -0.05) is 35.3 Å². The van der Waals surface area contributed by atoms with Crippen molar-refractivity contribution >= 4 is 45.8 Å². The van der Waals surface area contributed by atoms with E-state index in [1.807, 2.05) is 36.4 Å². The van der Waals surface area contributed by atoms with Gasteiger partial charge < -0.3 is 10.2 Å². The lowest BCUT2D eigenvalue weighted by molar-refractivity contribution is -0.114. The number of anilines is 1. The lowest BCUT2D eigenvalue weighted by Gasteiger charge is -2.19. The van der Waals surface area contributed by atoms with Crippen LogP contribution in [0.15, 0.2) is 60.9 Å². The van der Waals surface area contributed by atoms with E-state index >= 15 is 0 Å². The number of fused-ring (bicyclic) bond motifs is 1. The van der Waals surface area contributed by atoms with Gasteiger partial charge in [-0.3, -0.25) is 9.78 Å². The number of carbonyl (C=O) groups excluding carboxylic acids is 1. The molecular weight excluding hydrogens is 440 g/mol. The minimum absolute atomic E-state index is 0.0648. The Kier molecular flexibility index (Phi) is 5.85. The van der Waals surface area contributed by atoms with Gasteiger partial charge in [0.25, 0.3) is 0 Å². The van der Waals surface area contributed by atoms with Crippen molar-refractivity contribution in [1.29, 1.82) is 0 Å². The molecule has 0 bridgehead atoms. The molecule has 4 aromatic rings. The van der Waals surface area contributed by atoms with Gasteiger partial charge in [-0.05, 0) is 48.9 Å². The normalized spacial score (nSPS) is 12.0. The van der Waals surface area contributed by atoms with E-state index in [1.165, 1.54) is 19.1 Å². The number of aromatic nitrogens is 2. The zero-order valence-corrected chi connectivity index (χ0v) is 18.2. The van der Waals surface area contributed by atoms with Gasteiger partial charge >= 0.3 is 0 Å². The number of hydrogen-bond acceptors (Lipinski definition) is 3. The number of nitrogens with one attached hydrogen (secondary N) is 1. The van der Waals surface area contributed by atoms with Crippen molar-refractivity contribution in [3.63, 3.8) is 0 Å². The SMILES string of the molecule is CC(=O)Nc1cccc(-c2cnc3ccn(OC(C)c4c(Cl)ccc(F)c4Cl)c3c2)c1. The molecule has 0 saturated carbocycles. The van der Waals surface area contributed by atoms with E-state index in [9.17, 15) is 9.18 Å². The molecule has 158 valence electrons. The Morgan fingerprint density at radius 2 is 1.97 bits per heavy atom. The third-order valence-corrected chi connectivity index (χ3v) is 5.49. The van der Waals surface area contributed by atoms with Gasteiger partial charge in [0.05, 0.1) is 10.5 Å². The molecule has 0 radical (unpaired) electrons. The molecule has 0 aliphatic heterocycles. The minimum Gasteiger partial charge on any atom is -0.406 e. The number of benzene rings is 2. The van der Waals surface area contributed by atoms with Crippen molar-refractivity contribution in [1.82, 2.24) is 9.71 Å². The molecule has 8 heteroatoms. The number of pyridine rings is 1. The van der Waals surface area contributed by atoms with Gasteiger partial charge in [0.15, 0.2) is 6.10 Å². The van der Waals surface area contributed by atoms with E-state index < -0.39 is 11.9 Å². The lowest BCUT2D eigenvalue weighted by atomic mass is 10.1. The quantitative estimate of drug-likeness (QED) is 0.357. The topological polar surface area (TPSA) is 56.2 Å².